The van der Waals surface area contributed by atoms with Crippen LogP contribution in [0.2, 0.25) is 0 Å². The lowest BCUT2D eigenvalue weighted by Gasteiger charge is -2.09. The van der Waals surface area contributed by atoms with Crippen molar-refractivity contribution in [2.75, 3.05) is 27.2 Å². The molecule has 0 unspecified atom stereocenters. The maximum Gasteiger partial charge on any atom is 0.224 e. The smallest absolute Gasteiger partial charge is 0.224 e. The Balaban J connectivity index is 1.88. The molecule has 1 aromatic heterocycles. The van der Waals surface area contributed by atoms with Gasteiger partial charge in [-0.1, -0.05) is 13.0 Å². The number of aromatic nitrogens is 2. The average molecular weight is 288 g/mol. The van der Waals surface area contributed by atoms with Crippen LogP contribution in [0.4, 0.5) is 0 Å². The lowest BCUT2D eigenvalue weighted by molar-refractivity contribution is -0.120. The normalized spacial score (nSPS) is 11.2. The molecule has 0 aliphatic heterocycles. The number of fused-ring (bicyclic) bond motifs is 1. The van der Waals surface area contributed by atoms with Crippen molar-refractivity contribution < 1.29 is 4.79 Å². The van der Waals surface area contributed by atoms with Crippen molar-refractivity contribution in [1.82, 2.24) is 20.2 Å². The van der Waals surface area contributed by atoms with Gasteiger partial charge in [0.1, 0.15) is 5.82 Å². The first-order valence-electron chi connectivity index (χ1n) is 7.47. The van der Waals surface area contributed by atoms with Gasteiger partial charge in [-0.15, -0.1) is 0 Å². The Morgan fingerprint density at radius 3 is 2.90 bits per heavy atom. The van der Waals surface area contributed by atoms with Crippen LogP contribution in [0, 0.1) is 0 Å². The molecule has 0 fully saturated rings. The summed E-state index contributed by atoms with van der Waals surface area (Å²) in [6, 6.07) is 5.96. The van der Waals surface area contributed by atoms with E-state index in [1.165, 1.54) is 0 Å². The predicted octanol–water partition coefficient (Wildman–Crippen LogP) is 1.74. The molecule has 0 saturated carbocycles. The van der Waals surface area contributed by atoms with Crippen LogP contribution in [0.15, 0.2) is 18.2 Å². The number of rotatable bonds is 7. The molecule has 2 aromatic rings. The highest BCUT2D eigenvalue weighted by Gasteiger charge is 2.06. The zero-order valence-electron chi connectivity index (χ0n) is 13.1. The van der Waals surface area contributed by atoms with Crippen LogP contribution in [-0.2, 0) is 17.6 Å². The summed E-state index contributed by atoms with van der Waals surface area (Å²) in [6.45, 7) is 3.78. The molecule has 1 heterocycles. The Morgan fingerprint density at radius 2 is 2.19 bits per heavy atom. The van der Waals surface area contributed by atoms with E-state index >= 15 is 0 Å². The molecular formula is C16H24N4O. The second-order valence-electron chi connectivity index (χ2n) is 5.57. The van der Waals surface area contributed by atoms with Gasteiger partial charge in [0.15, 0.2) is 0 Å². The van der Waals surface area contributed by atoms with Gasteiger partial charge in [0.25, 0.3) is 0 Å². The minimum Gasteiger partial charge on any atom is -0.356 e. The number of carbonyl (C=O) groups is 1. The van der Waals surface area contributed by atoms with E-state index in [4.69, 9.17) is 0 Å². The molecule has 0 atom stereocenters. The summed E-state index contributed by atoms with van der Waals surface area (Å²) in [6.07, 6.45) is 2.27. The third-order valence-corrected chi connectivity index (χ3v) is 3.40. The molecule has 0 saturated heterocycles. The minimum atomic E-state index is 0.0725. The average Bonchev–Trinajstić information content (AvgIpc) is 2.85. The first-order valence-corrected chi connectivity index (χ1v) is 7.47. The fourth-order valence-corrected chi connectivity index (χ4v) is 2.26. The number of imidazole rings is 1. The molecule has 0 aliphatic rings. The SMILES string of the molecule is CCc1nc2ccc(CC(=O)NCCCN(C)C)cc2[nH]1. The molecule has 0 bridgehead atoms. The Hall–Kier alpha value is -1.88. The van der Waals surface area contributed by atoms with Gasteiger partial charge in [-0.05, 0) is 44.8 Å². The van der Waals surface area contributed by atoms with Gasteiger partial charge < -0.3 is 15.2 Å². The molecule has 2 rings (SSSR count). The topological polar surface area (TPSA) is 61.0 Å². The van der Waals surface area contributed by atoms with Gasteiger partial charge in [-0.2, -0.15) is 0 Å². The van der Waals surface area contributed by atoms with Crippen molar-refractivity contribution in [2.24, 2.45) is 0 Å². The van der Waals surface area contributed by atoms with Crippen molar-refractivity contribution in [3.05, 3.63) is 29.6 Å². The maximum atomic E-state index is 11.9. The van der Waals surface area contributed by atoms with Gasteiger partial charge in [-0.3, -0.25) is 4.79 Å². The van der Waals surface area contributed by atoms with E-state index < -0.39 is 0 Å². The zero-order valence-corrected chi connectivity index (χ0v) is 13.1. The number of hydrogen-bond acceptors (Lipinski definition) is 3. The van der Waals surface area contributed by atoms with E-state index in [0.717, 1.165) is 48.4 Å². The molecule has 0 spiro atoms. The van der Waals surface area contributed by atoms with Crippen LogP contribution >= 0.6 is 0 Å². The molecule has 0 radical (unpaired) electrons. The number of H-pyrrole nitrogens is 1. The lowest BCUT2D eigenvalue weighted by atomic mass is 10.1. The highest BCUT2D eigenvalue weighted by atomic mass is 16.1. The number of nitrogens with one attached hydrogen (secondary N) is 2. The molecule has 5 nitrogen and oxygen atoms in total. The van der Waals surface area contributed by atoms with Gasteiger partial charge >= 0.3 is 0 Å². The van der Waals surface area contributed by atoms with Crippen LogP contribution in [0.5, 0.6) is 0 Å². The summed E-state index contributed by atoms with van der Waals surface area (Å²) < 4.78 is 0. The van der Waals surface area contributed by atoms with Crippen molar-refractivity contribution in [3.8, 4) is 0 Å². The third-order valence-electron chi connectivity index (χ3n) is 3.40. The van der Waals surface area contributed by atoms with Crippen molar-refractivity contribution in [3.63, 3.8) is 0 Å². The summed E-state index contributed by atoms with van der Waals surface area (Å²) >= 11 is 0. The number of hydrogen-bond donors (Lipinski definition) is 2. The predicted molar refractivity (Wildman–Crippen MR) is 85.4 cm³/mol. The Bertz CT molecular complexity index is 603. The number of aryl methyl sites for hydroxylation is 1. The Labute approximate surface area is 125 Å². The summed E-state index contributed by atoms with van der Waals surface area (Å²) in [5.41, 5.74) is 2.98. The molecule has 2 N–H and O–H groups in total. The van der Waals surface area contributed by atoms with E-state index in [-0.39, 0.29) is 5.91 Å². The number of aromatic amines is 1. The molecule has 1 aromatic carbocycles. The molecule has 5 heteroatoms. The van der Waals surface area contributed by atoms with Gasteiger partial charge in [-0.25, -0.2) is 4.98 Å². The van der Waals surface area contributed by atoms with E-state index in [1.807, 2.05) is 32.3 Å². The Kier molecular flexibility index (Phi) is 5.33. The second-order valence-corrected chi connectivity index (χ2v) is 5.57. The fraction of sp³-hybridized carbons (Fsp3) is 0.500. The third kappa shape index (κ3) is 4.56. The summed E-state index contributed by atoms with van der Waals surface area (Å²) in [7, 11) is 4.07. The largest absolute Gasteiger partial charge is 0.356 e. The van der Waals surface area contributed by atoms with Crippen molar-refractivity contribution >= 4 is 16.9 Å². The van der Waals surface area contributed by atoms with Crippen LogP contribution in [0.3, 0.4) is 0 Å². The van der Waals surface area contributed by atoms with Gasteiger partial charge in [0.05, 0.1) is 17.5 Å². The quantitative estimate of drug-likeness (QED) is 0.763. The molecule has 0 aliphatic carbocycles. The zero-order chi connectivity index (χ0) is 15.2. The van der Waals surface area contributed by atoms with E-state index in [2.05, 4.69) is 27.1 Å². The lowest BCUT2D eigenvalue weighted by Crippen LogP contribution is -2.28. The Morgan fingerprint density at radius 1 is 1.38 bits per heavy atom. The molecule has 1 amide bonds. The summed E-state index contributed by atoms with van der Waals surface area (Å²) in [4.78, 5) is 21.8. The monoisotopic (exact) mass is 288 g/mol. The highest BCUT2D eigenvalue weighted by Crippen LogP contribution is 2.14. The van der Waals surface area contributed by atoms with Crippen LogP contribution in [0.1, 0.15) is 24.7 Å². The van der Waals surface area contributed by atoms with Gasteiger partial charge in [0, 0.05) is 13.0 Å². The van der Waals surface area contributed by atoms with Crippen LogP contribution in [0.25, 0.3) is 11.0 Å². The molecule has 21 heavy (non-hydrogen) atoms. The standard InChI is InChI=1S/C16H24N4O/c1-4-15-18-13-7-6-12(10-14(13)19-15)11-16(21)17-8-5-9-20(2)3/h6-7,10H,4-5,8-9,11H2,1-3H3,(H,17,21)(H,18,19). The number of carbonyl (C=O) groups excluding carboxylic acids is 1. The highest BCUT2D eigenvalue weighted by molar-refractivity contribution is 5.81. The first kappa shape index (κ1) is 15.5. The summed E-state index contributed by atoms with van der Waals surface area (Å²) in [5, 5.41) is 2.96. The van der Waals surface area contributed by atoms with Crippen molar-refractivity contribution in [2.45, 2.75) is 26.2 Å². The van der Waals surface area contributed by atoms with Crippen LogP contribution < -0.4 is 5.32 Å². The van der Waals surface area contributed by atoms with E-state index in [0.29, 0.717) is 6.42 Å². The number of benzene rings is 1. The molecular weight excluding hydrogens is 264 g/mol. The van der Waals surface area contributed by atoms with E-state index in [9.17, 15) is 4.79 Å². The number of amides is 1. The van der Waals surface area contributed by atoms with E-state index in [1.54, 1.807) is 0 Å². The maximum absolute atomic E-state index is 11.9. The second kappa shape index (κ2) is 7.22. The minimum absolute atomic E-state index is 0.0725. The van der Waals surface area contributed by atoms with Gasteiger partial charge in [0.2, 0.25) is 5.91 Å². The first-order chi connectivity index (χ1) is 10.1. The summed E-state index contributed by atoms with van der Waals surface area (Å²) in [5.74, 6) is 1.05. The van der Waals surface area contributed by atoms with Crippen LogP contribution in [-0.4, -0.2) is 48.0 Å². The fourth-order valence-electron chi connectivity index (χ4n) is 2.26. The van der Waals surface area contributed by atoms with Crippen molar-refractivity contribution in [1.29, 1.82) is 0 Å². The molecule has 114 valence electrons. The number of nitrogens with zero attached hydrogens (tertiary/aromatic N) is 2.